The van der Waals surface area contributed by atoms with Crippen LogP contribution < -0.4 is 11.1 Å². The van der Waals surface area contributed by atoms with E-state index >= 15 is 0 Å². The standard InChI is InChI=1S/C10H14N4O4/c11-8-7(10(16)17)9(13-4-12-8)14-6-2-1-5(3-15)18-6/h4-6,15H,1-3H2,(H,16,17)(H3,11,12,13,14)/t5-,6+/m0/s1. The van der Waals surface area contributed by atoms with Gasteiger partial charge in [-0.2, -0.15) is 0 Å². The van der Waals surface area contributed by atoms with E-state index in [9.17, 15) is 4.79 Å². The van der Waals surface area contributed by atoms with Crippen LogP contribution in [0.2, 0.25) is 0 Å². The second kappa shape index (κ2) is 5.15. The molecule has 0 bridgehead atoms. The van der Waals surface area contributed by atoms with Crippen molar-refractivity contribution >= 4 is 17.6 Å². The van der Waals surface area contributed by atoms with Crippen molar-refractivity contribution in [1.82, 2.24) is 9.97 Å². The molecule has 8 nitrogen and oxygen atoms in total. The predicted octanol–water partition coefficient (Wildman–Crippen LogP) is -0.334. The average molecular weight is 254 g/mol. The van der Waals surface area contributed by atoms with Crippen LogP contribution in [0.1, 0.15) is 23.2 Å². The molecule has 1 aromatic rings. The average Bonchev–Trinajstić information content (AvgIpc) is 2.76. The SMILES string of the molecule is Nc1ncnc(N[C@H]2CC[C@@H](CO)O2)c1C(=O)O. The molecule has 1 aliphatic rings. The van der Waals surface area contributed by atoms with Gasteiger partial charge in [-0.1, -0.05) is 0 Å². The molecule has 1 saturated heterocycles. The minimum atomic E-state index is -1.20. The van der Waals surface area contributed by atoms with E-state index in [2.05, 4.69) is 15.3 Å². The maximum absolute atomic E-state index is 11.1. The molecule has 8 heteroatoms. The molecule has 0 aromatic carbocycles. The number of nitrogens with two attached hydrogens (primary N) is 1. The van der Waals surface area contributed by atoms with Gasteiger partial charge in [0.05, 0.1) is 12.7 Å². The van der Waals surface area contributed by atoms with Crippen LogP contribution in [0.25, 0.3) is 0 Å². The van der Waals surface area contributed by atoms with E-state index in [1.54, 1.807) is 0 Å². The number of aliphatic hydroxyl groups excluding tert-OH is 1. The second-order valence-electron chi connectivity index (χ2n) is 3.94. The fourth-order valence-electron chi connectivity index (χ4n) is 1.82. The summed E-state index contributed by atoms with van der Waals surface area (Å²) in [7, 11) is 0. The number of aromatic carboxylic acids is 1. The Bertz CT molecular complexity index is 454. The zero-order valence-electron chi connectivity index (χ0n) is 9.54. The lowest BCUT2D eigenvalue weighted by molar-refractivity contribution is 0.0233. The van der Waals surface area contributed by atoms with Gasteiger partial charge in [-0.15, -0.1) is 0 Å². The number of hydrogen-bond acceptors (Lipinski definition) is 7. The number of rotatable bonds is 4. The summed E-state index contributed by atoms with van der Waals surface area (Å²) in [5.41, 5.74) is 5.32. The fraction of sp³-hybridized carbons (Fsp3) is 0.500. The number of ether oxygens (including phenoxy) is 1. The van der Waals surface area contributed by atoms with Crippen LogP contribution in [-0.4, -0.2) is 45.1 Å². The number of aliphatic hydroxyl groups is 1. The Balaban J connectivity index is 2.15. The first-order chi connectivity index (χ1) is 8.61. The molecule has 2 heterocycles. The third-order valence-electron chi connectivity index (χ3n) is 2.70. The van der Waals surface area contributed by atoms with Gasteiger partial charge in [-0.3, -0.25) is 0 Å². The Morgan fingerprint density at radius 3 is 2.94 bits per heavy atom. The molecule has 0 spiro atoms. The first-order valence-electron chi connectivity index (χ1n) is 5.48. The smallest absolute Gasteiger partial charge is 0.343 e. The molecule has 0 aliphatic carbocycles. The maximum atomic E-state index is 11.1. The second-order valence-corrected chi connectivity index (χ2v) is 3.94. The van der Waals surface area contributed by atoms with Crippen molar-refractivity contribution in [2.75, 3.05) is 17.7 Å². The van der Waals surface area contributed by atoms with Crippen molar-refractivity contribution in [2.45, 2.75) is 25.2 Å². The molecule has 18 heavy (non-hydrogen) atoms. The molecule has 0 unspecified atom stereocenters. The van der Waals surface area contributed by atoms with Crippen LogP contribution in [0.5, 0.6) is 0 Å². The Morgan fingerprint density at radius 2 is 2.33 bits per heavy atom. The third-order valence-corrected chi connectivity index (χ3v) is 2.70. The summed E-state index contributed by atoms with van der Waals surface area (Å²) < 4.78 is 5.43. The molecular formula is C10H14N4O4. The van der Waals surface area contributed by atoms with Gasteiger partial charge in [0.2, 0.25) is 0 Å². The van der Waals surface area contributed by atoms with Crippen molar-refractivity contribution in [3.8, 4) is 0 Å². The van der Waals surface area contributed by atoms with E-state index < -0.39 is 5.97 Å². The maximum Gasteiger partial charge on any atom is 0.343 e. The normalized spacial score (nSPS) is 22.9. The highest BCUT2D eigenvalue weighted by Gasteiger charge is 2.26. The van der Waals surface area contributed by atoms with Gasteiger partial charge in [-0.05, 0) is 12.8 Å². The van der Waals surface area contributed by atoms with Crippen molar-refractivity contribution < 1.29 is 19.7 Å². The highest BCUT2D eigenvalue weighted by molar-refractivity contribution is 5.97. The zero-order chi connectivity index (χ0) is 13.1. The minimum absolute atomic E-state index is 0.0596. The summed E-state index contributed by atoms with van der Waals surface area (Å²) >= 11 is 0. The van der Waals surface area contributed by atoms with Crippen molar-refractivity contribution in [2.24, 2.45) is 0 Å². The molecule has 1 fully saturated rings. The lowest BCUT2D eigenvalue weighted by Gasteiger charge is -2.16. The number of aromatic nitrogens is 2. The molecule has 0 amide bonds. The number of carboxylic acid groups (broad SMARTS) is 1. The minimum Gasteiger partial charge on any atom is -0.477 e. The predicted molar refractivity (Wildman–Crippen MR) is 62.0 cm³/mol. The van der Waals surface area contributed by atoms with Gasteiger partial charge < -0.3 is 26.0 Å². The van der Waals surface area contributed by atoms with E-state index in [1.165, 1.54) is 6.33 Å². The molecule has 5 N–H and O–H groups in total. The molecule has 2 atom stereocenters. The van der Waals surface area contributed by atoms with Crippen LogP contribution in [0.3, 0.4) is 0 Å². The molecule has 1 aromatic heterocycles. The number of carbonyl (C=O) groups is 1. The van der Waals surface area contributed by atoms with Gasteiger partial charge in [0.1, 0.15) is 29.8 Å². The Kier molecular flexibility index (Phi) is 3.58. The van der Waals surface area contributed by atoms with Gasteiger partial charge in [0.15, 0.2) is 0 Å². The molecular weight excluding hydrogens is 240 g/mol. The van der Waals surface area contributed by atoms with Crippen LogP contribution >= 0.6 is 0 Å². The quantitative estimate of drug-likeness (QED) is 0.574. The van der Waals surface area contributed by atoms with Crippen LogP contribution in [0, 0.1) is 0 Å². The van der Waals surface area contributed by atoms with Crippen LogP contribution in [0.4, 0.5) is 11.6 Å². The number of anilines is 2. The first kappa shape index (κ1) is 12.5. The number of nitrogens with one attached hydrogen (secondary N) is 1. The lowest BCUT2D eigenvalue weighted by Crippen LogP contribution is -2.24. The van der Waals surface area contributed by atoms with Crippen LogP contribution in [0.15, 0.2) is 6.33 Å². The molecule has 98 valence electrons. The highest BCUT2D eigenvalue weighted by Crippen LogP contribution is 2.23. The number of nitrogen functional groups attached to an aromatic ring is 1. The molecule has 0 radical (unpaired) electrons. The molecule has 2 rings (SSSR count). The van der Waals surface area contributed by atoms with Crippen molar-refractivity contribution in [3.63, 3.8) is 0 Å². The van der Waals surface area contributed by atoms with Gasteiger partial charge in [-0.25, -0.2) is 14.8 Å². The van der Waals surface area contributed by atoms with Gasteiger partial charge >= 0.3 is 5.97 Å². The van der Waals surface area contributed by atoms with E-state index in [4.69, 9.17) is 20.7 Å². The lowest BCUT2D eigenvalue weighted by atomic mass is 10.2. The zero-order valence-corrected chi connectivity index (χ0v) is 9.54. The molecule has 0 saturated carbocycles. The Labute approximate surface area is 103 Å². The van der Waals surface area contributed by atoms with Crippen molar-refractivity contribution in [3.05, 3.63) is 11.9 Å². The largest absolute Gasteiger partial charge is 0.477 e. The summed E-state index contributed by atoms with van der Waals surface area (Å²) in [6.07, 6.45) is 1.94. The third kappa shape index (κ3) is 2.49. The summed E-state index contributed by atoms with van der Waals surface area (Å²) in [5.74, 6) is -1.18. The van der Waals surface area contributed by atoms with Gasteiger partial charge in [0.25, 0.3) is 0 Å². The number of hydrogen-bond donors (Lipinski definition) is 4. The Morgan fingerprint density at radius 1 is 1.56 bits per heavy atom. The summed E-state index contributed by atoms with van der Waals surface area (Å²) in [6, 6.07) is 0. The van der Waals surface area contributed by atoms with E-state index in [0.29, 0.717) is 12.8 Å². The summed E-state index contributed by atoms with van der Waals surface area (Å²) in [5, 5.41) is 20.8. The summed E-state index contributed by atoms with van der Waals surface area (Å²) in [4.78, 5) is 18.5. The topological polar surface area (TPSA) is 131 Å². The Hall–Kier alpha value is -1.93. The van der Waals surface area contributed by atoms with Gasteiger partial charge in [0, 0.05) is 0 Å². The molecule has 1 aliphatic heterocycles. The monoisotopic (exact) mass is 254 g/mol. The van der Waals surface area contributed by atoms with E-state index in [-0.39, 0.29) is 36.1 Å². The first-order valence-corrected chi connectivity index (χ1v) is 5.48. The van der Waals surface area contributed by atoms with Crippen LogP contribution in [-0.2, 0) is 4.74 Å². The highest BCUT2D eigenvalue weighted by atomic mass is 16.5. The van der Waals surface area contributed by atoms with Crippen molar-refractivity contribution in [1.29, 1.82) is 0 Å². The number of carboxylic acids is 1. The fourth-order valence-corrected chi connectivity index (χ4v) is 1.82. The summed E-state index contributed by atoms with van der Waals surface area (Å²) in [6.45, 7) is -0.0596. The number of nitrogens with zero attached hydrogens (tertiary/aromatic N) is 2. The van der Waals surface area contributed by atoms with E-state index in [1.807, 2.05) is 0 Å². The van der Waals surface area contributed by atoms with E-state index in [0.717, 1.165) is 0 Å².